The first kappa shape index (κ1) is 36.0. The van der Waals surface area contributed by atoms with Crippen LogP contribution >= 0.6 is 0 Å². The van der Waals surface area contributed by atoms with E-state index < -0.39 is 56.6 Å². The lowest BCUT2D eigenvalue weighted by Gasteiger charge is -2.70. The van der Waals surface area contributed by atoms with Gasteiger partial charge >= 0.3 is 0 Å². The van der Waals surface area contributed by atoms with Crippen molar-refractivity contribution in [1.82, 2.24) is 0 Å². The Morgan fingerprint density at radius 3 is 1.17 bits per heavy atom. The fourth-order valence-electron chi connectivity index (χ4n) is 12.1. The van der Waals surface area contributed by atoms with Crippen molar-refractivity contribution in [3.8, 4) is 0 Å². The van der Waals surface area contributed by atoms with Gasteiger partial charge in [0.1, 0.15) is 0 Å². The van der Waals surface area contributed by atoms with Crippen molar-refractivity contribution in [3.63, 3.8) is 0 Å². The van der Waals surface area contributed by atoms with Crippen molar-refractivity contribution in [1.29, 1.82) is 0 Å². The third-order valence-corrected chi connectivity index (χ3v) is 15.4. The van der Waals surface area contributed by atoms with Crippen molar-refractivity contribution in [2.24, 2.45) is 33.5 Å². The van der Waals surface area contributed by atoms with Gasteiger partial charge in [-0.25, -0.2) is 0 Å². The molecule has 6 nitrogen and oxygen atoms in total. The van der Waals surface area contributed by atoms with Crippen LogP contribution < -0.4 is 0 Å². The van der Waals surface area contributed by atoms with Crippen molar-refractivity contribution in [3.05, 3.63) is 49.6 Å². The normalized spacial score (nSPS) is 51.7. The predicted molar refractivity (Wildman–Crippen MR) is 184 cm³/mol. The molecule has 0 radical (unpaired) electrons. The van der Waals surface area contributed by atoms with E-state index in [2.05, 4.69) is 67.9 Å². The van der Waals surface area contributed by atoms with E-state index in [9.17, 15) is 20.4 Å². The fraction of sp³-hybridized carbons (Fsp3) is 0.800. The van der Waals surface area contributed by atoms with E-state index in [-0.39, 0.29) is 23.7 Å². The lowest BCUT2D eigenvalue weighted by molar-refractivity contribution is -0.375. The number of fused-ring (bicyclic) bond motifs is 6. The lowest BCUT2D eigenvalue weighted by atomic mass is 9.41. The van der Waals surface area contributed by atoms with Crippen LogP contribution in [-0.4, -0.2) is 54.4 Å². The Labute approximate surface area is 279 Å². The molecule has 5 rings (SSSR count). The molecule has 1 heterocycles. The van der Waals surface area contributed by atoms with Crippen LogP contribution in [0, 0.1) is 33.5 Å². The van der Waals surface area contributed by atoms with E-state index in [1.807, 2.05) is 13.8 Å². The van der Waals surface area contributed by atoms with Crippen molar-refractivity contribution in [2.75, 3.05) is 0 Å². The number of ether oxygens (including phenoxy) is 2. The highest BCUT2D eigenvalue weighted by molar-refractivity contribution is 5.29. The van der Waals surface area contributed by atoms with Crippen LogP contribution in [0.25, 0.3) is 0 Å². The minimum Gasteiger partial charge on any atom is -0.389 e. The van der Waals surface area contributed by atoms with E-state index >= 15 is 0 Å². The minimum atomic E-state index is -1.83. The van der Waals surface area contributed by atoms with E-state index in [0.29, 0.717) is 36.8 Å². The average Bonchev–Trinajstić information content (AvgIpc) is 2.95. The lowest BCUT2D eigenvalue weighted by Crippen LogP contribution is -2.73. The van der Waals surface area contributed by atoms with Gasteiger partial charge in [0.25, 0.3) is 0 Å². The molecule has 260 valence electrons. The molecule has 0 aromatic rings. The van der Waals surface area contributed by atoms with Crippen LogP contribution in [0.5, 0.6) is 0 Å². The summed E-state index contributed by atoms with van der Waals surface area (Å²) >= 11 is 0. The molecule has 0 amide bonds. The second-order valence-corrected chi connectivity index (χ2v) is 18.4. The van der Waals surface area contributed by atoms with E-state index in [1.165, 1.54) is 0 Å². The molecule has 6 heteroatoms. The number of aliphatic hydroxyl groups is 4. The first-order valence-corrected chi connectivity index (χ1v) is 17.8. The van der Waals surface area contributed by atoms with Gasteiger partial charge in [0, 0.05) is 46.7 Å². The Balaban J connectivity index is 1.76. The summed E-state index contributed by atoms with van der Waals surface area (Å²) in [6, 6.07) is 0. The standard InChI is InChI=1S/C40H64O6/c1-13-27(3)37(41)25-29-33(9)19-15-17-31(5,6)39(33,43)24-22-36(29,12)46-38(42,28(4)14-2)26-30-34(10)20-16-18-32(7,8)40(34,44)23-21-35(30,11)45-37/h13-14,29-30,41-44H,1-4,15-26H2,5-12H3. The Morgan fingerprint density at radius 2 is 0.870 bits per heavy atom. The maximum absolute atomic E-state index is 12.9. The largest absolute Gasteiger partial charge is 0.389 e. The molecule has 5 aliphatic rings. The highest BCUT2D eigenvalue weighted by atomic mass is 16.7. The quantitative estimate of drug-likeness (QED) is 0.233. The Morgan fingerprint density at radius 1 is 0.543 bits per heavy atom. The average molecular weight is 641 g/mol. The molecule has 46 heavy (non-hydrogen) atoms. The summed E-state index contributed by atoms with van der Waals surface area (Å²) in [5, 5.41) is 51.2. The van der Waals surface area contributed by atoms with Crippen LogP contribution in [0.3, 0.4) is 0 Å². The highest BCUT2D eigenvalue weighted by Gasteiger charge is 2.72. The number of rotatable bonds is 4. The summed E-state index contributed by atoms with van der Waals surface area (Å²) in [4.78, 5) is 0. The van der Waals surface area contributed by atoms with Crippen LogP contribution in [0.1, 0.15) is 132 Å². The predicted octanol–water partition coefficient (Wildman–Crippen LogP) is 7.91. The van der Waals surface area contributed by atoms with Gasteiger partial charge < -0.3 is 29.9 Å². The second-order valence-electron chi connectivity index (χ2n) is 18.4. The smallest absolute Gasteiger partial charge is 0.192 e. The highest BCUT2D eigenvalue weighted by Crippen LogP contribution is 2.70. The van der Waals surface area contributed by atoms with Crippen LogP contribution in [0.15, 0.2) is 49.6 Å². The molecule has 0 aromatic carbocycles. The van der Waals surface area contributed by atoms with E-state index in [0.717, 1.165) is 38.5 Å². The molecule has 4 saturated carbocycles. The Bertz CT molecular complexity index is 1200. The third-order valence-electron chi connectivity index (χ3n) is 15.4. The zero-order chi connectivity index (χ0) is 34.6. The molecule has 1 saturated heterocycles. The third kappa shape index (κ3) is 4.63. The molecular weight excluding hydrogens is 576 g/mol. The van der Waals surface area contributed by atoms with E-state index in [1.54, 1.807) is 12.2 Å². The minimum absolute atomic E-state index is 0.106. The van der Waals surface area contributed by atoms with Gasteiger partial charge in [-0.3, -0.25) is 0 Å². The van der Waals surface area contributed by atoms with Crippen LogP contribution in [0.2, 0.25) is 0 Å². The van der Waals surface area contributed by atoms with Crippen molar-refractivity contribution < 1.29 is 29.9 Å². The topological polar surface area (TPSA) is 99.4 Å². The van der Waals surface area contributed by atoms with Crippen LogP contribution in [-0.2, 0) is 9.47 Å². The summed E-state index contributed by atoms with van der Waals surface area (Å²) in [5.74, 6) is -4.52. The zero-order valence-electron chi connectivity index (χ0n) is 30.2. The number of hydrogen-bond donors (Lipinski definition) is 4. The molecular formula is C40H64O6. The van der Waals surface area contributed by atoms with Gasteiger partial charge in [-0.05, 0) is 76.0 Å². The molecule has 1 aliphatic heterocycles. The molecule has 10 atom stereocenters. The molecule has 4 N–H and O–H groups in total. The maximum atomic E-state index is 12.9. The number of hydrogen-bond acceptors (Lipinski definition) is 6. The maximum Gasteiger partial charge on any atom is 0.192 e. The van der Waals surface area contributed by atoms with Gasteiger partial charge in [0.05, 0.1) is 22.4 Å². The van der Waals surface area contributed by atoms with Gasteiger partial charge in [0.15, 0.2) is 11.6 Å². The summed E-state index contributed by atoms with van der Waals surface area (Å²) in [6.07, 6.45) is 10.4. The fourth-order valence-corrected chi connectivity index (χ4v) is 12.1. The summed E-state index contributed by atoms with van der Waals surface area (Å²) in [5.41, 5.74) is -5.39. The van der Waals surface area contributed by atoms with Gasteiger partial charge in [-0.15, -0.1) is 0 Å². The zero-order valence-corrected chi connectivity index (χ0v) is 30.2. The van der Waals surface area contributed by atoms with Crippen molar-refractivity contribution >= 4 is 0 Å². The van der Waals surface area contributed by atoms with Crippen molar-refractivity contribution in [2.45, 2.75) is 166 Å². The SMILES string of the molecule is C=CC(=C)C1(O)CC2C(C)(CCC3(O)C(C)(C)CCCC23C)OC(O)(C(=C)C=C)CC2C(C)(CCC3(O)C(C)(C)CCCC23C)O1. The van der Waals surface area contributed by atoms with E-state index in [4.69, 9.17) is 9.47 Å². The first-order valence-electron chi connectivity index (χ1n) is 17.8. The Kier molecular flexibility index (Phi) is 8.31. The molecule has 0 bridgehead atoms. The summed E-state index contributed by atoms with van der Waals surface area (Å²) < 4.78 is 14.3. The molecule has 4 aliphatic carbocycles. The summed E-state index contributed by atoms with van der Waals surface area (Å²) in [6.45, 7) is 33.5. The monoisotopic (exact) mass is 640 g/mol. The first-order chi connectivity index (χ1) is 20.9. The molecule has 10 unspecified atom stereocenters. The second kappa shape index (κ2) is 10.6. The molecule has 5 fully saturated rings. The molecule has 0 spiro atoms. The van der Waals surface area contributed by atoms with Gasteiger partial charge in [-0.1, -0.05) is 92.9 Å². The molecule has 0 aromatic heterocycles. The summed E-state index contributed by atoms with van der Waals surface area (Å²) in [7, 11) is 0. The van der Waals surface area contributed by atoms with Gasteiger partial charge in [0.2, 0.25) is 0 Å². The Hall–Kier alpha value is -1.28. The van der Waals surface area contributed by atoms with Crippen LogP contribution in [0.4, 0.5) is 0 Å². The van der Waals surface area contributed by atoms with Gasteiger partial charge in [-0.2, -0.15) is 0 Å².